The fourth-order valence-electron chi connectivity index (χ4n) is 6.59. The maximum Gasteiger partial charge on any atom is 0.253 e. The molecule has 1 atom stereocenters. The molecular formula is C23H29FN2O2. The lowest BCUT2D eigenvalue weighted by molar-refractivity contribution is -0.130. The third kappa shape index (κ3) is 3.33. The van der Waals surface area contributed by atoms with Crippen LogP contribution in [0.25, 0.3) is 0 Å². The molecular weight excluding hydrogens is 355 g/mol. The molecule has 5 aliphatic rings. The molecule has 1 N–H and O–H groups in total. The monoisotopic (exact) mass is 384 g/mol. The molecule has 4 aliphatic carbocycles. The number of carbonyl (C=O) groups excluding carboxylic acids is 2. The first-order chi connectivity index (χ1) is 13.6. The maximum absolute atomic E-state index is 13.1. The van der Waals surface area contributed by atoms with Gasteiger partial charge in [-0.1, -0.05) is 0 Å². The first-order valence-electron chi connectivity index (χ1n) is 10.9. The highest BCUT2D eigenvalue weighted by Crippen LogP contribution is 2.53. The minimum atomic E-state index is -0.344. The number of benzene rings is 1. The molecule has 1 saturated heterocycles. The third-order valence-electron chi connectivity index (χ3n) is 7.71. The van der Waals surface area contributed by atoms with E-state index in [9.17, 15) is 14.0 Å². The molecule has 2 amide bonds. The van der Waals surface area contributed by atoms with Crippen molar-refractivity contribution in [3.63, 3.8) is 0 Å². The van der Waals surface area contributed by atoms with Crippen molar-refractivity contribution in [3.8, 4) is 0 Å². The van der Waals surface area contributed by atoms with E-state index < -0.39 is 0 Å². The average Bonchev–Trinajstić information content (AvgIpc) is 2.70. The minimum absolute atomic E-state index is 0.105. The van der Waals surface area contributed by atoms with Crippen LogP contribution in [0.5, 0.6) is 0 Å². The molecule has 4 saturated carbocycles. The molecule has 1 aromatic carbocycles. The van der Waals surface area contributed by atoms with Crippen molar-refractivity contribution in [2.45, 2.75) is 51.0 Å². The van der Waals surface area contributed by atoms with Gasteiger partial charge in [-0.15, -0.1) is 0 Å². The Labute approximate surface area is 165 Å². The number of nitrogens with one attached hydrogen (secondary N) is 1. The Hall–Kier alpha value is -1.91. The highest BCUT2D eigenvalue weighted by molar-refractivity contribution is 5.94. The van der Waals surface area contributed by atoms with Gasteiger partial charge in [-0.25, -0.2) is 4.39 Å². The summed E-state index contributed by atoms with van der Waals surface area (Å²) in [6, 6.07) is 6.02. The zero-order valence-electron chi connectivity index (χ0n) is 16.3. The van der Waals surface area contributed by atoms with Crippen LogP contribution < -0.4 is 5.32 Å². The zero-order valence-corrected chi connectivity index (χ0v) is 16.3. The van der Waals surface area contributed by atoms with Crippen LogP contribution in [0.1, 0.15) is 55.3 Å². The molecule has 28 heavy (non-hydrogen) atoms. The summed E-state index contributed by atoms with van der Waals surface area (Å²) in [5.41, 5.74) is 0.489. The zero-order chi connectivity index (χ0) is 19.3. The Kier molecular flexibility index (Phi) is 4.64. The Balaban J connectivity index is 1.22. The number of hydrogen-bond acceptors (Lipinski definition) is 2. The number of nitrogens with zero attached hydrogens (tertiary/aromatic N) is 1. The van der Waals surface area contributed by atoms with Gasteiger partial charge in [0.25, 0.3) is 5.91 Å². The van der Waals surface area contributed by atoms with Crippen LogP contribution in [0, 0.1) is 35.4 Å². The van der Waals surface area contributed by atoms with E-state index in [2.05, 4.69) is 5.32 Å². The van der Waals surface area contributed by atoms with Crippen molar-refractivity contribution in [3.05, 3.63) is 35.6 Å². The highest BCUT2D eigenvalue weighted by Gasteiger charge is 2.49. The Morgan fingerprint density at radius 1 is 0.964 bits per heavy atom. The Morgan fingerprint density at radius 2 is 1.61 bits per heavy atom. The van der Waals surface area contributed by atoms with Gasteiger partial charge in [-0.05, 0) is 92.9 Å². The molecule has 1 aromatic rings. The number of piperidine rings is 1. The Bertz CT molecular complexity index is 734. The van der Waals surface area contributed by atoms with Gasteiger partial charge in [0.15, 0.2) is 0 Å². The van der Waals surface area contributed by atoms with Crippen molar-refractivity contribution in [2.75, 3.05) is 13.1 Å². The van der Waals surface area contributed by atoms with E-state index in [1.807, 2.05) is 0 Å². The van der Waals surface area contributed by atoms with Gasteiger partial charge in [0, 0.05) is 24.7 Å². The van der Waals surface area contributed by atoms with E-state index in [0.717, 1.165) is 24.7 Å². The summed E-state index contributed by atoms with van der Waals surface area (Å²) in [6.07, 6.45) is 8.25. The maximum atomic E-state index is 13.1. The summed E-state index contributed by atoms with van der Waals surface area (Å²) < 4.78 is 13.1. The molecule has 5 heteroatoms. The van der Waals surface area contributed by atoms with E-state index in [4.69, 9.17) is 0 Å². The molecule has 0 radical (unpaired) electrons. The number of amides is 2. The number of halogens is 1. The molecule has 6 rings (SSSR count). The molecule has 4 bridgehead atoms. The van der Waals surface area contributed by atoms with E-state index in [1.165, 1.54) is 56.4 Å². The molecule has 0 spiro atoms. The van der Waals surface area contributed by atoms with Crippen molar-refractivity contribution in [1.82, 2.24) is 10.2 Å². The number of rotatable bonds is 3. The van der Waals surface area contributed by atoms with E-state index >= 15 is 0 Å². The second-order valence-electron chi connectivity index (χ2n) is 9.56. The fraction of sp³-hybridized carbons (Fsp3) is 0.652. The molecule has 5 fully saturated rings. The molecule has 1 heterocycles. The second kappa shape index (κ2) is 7.16. The lowest BCUT2D eigenvalue weighted by Crippen LogP contribution is -2.57. The van der Waals surface area contributed by atoms with Crippen molar-refractivity contribution >= 4 is 11.8 Å². The summed E-state index contributed by atoms with van der Waals surface area (Å²) in [7, 11) is 0. The summed E-state index contributed by atoms with van der Waals surface area (Å²) in [4.78, 5) is 27.5. The predicted molar refractivity (Wildman–Crippen MR) is 104 cm³/mol. The first kappa shape index (κ1) is 18.1. The van der Waals surface area contributed by atoms with Gasteiger partial charge in [-0.3, -0.25) is 9.59 Å². The lowest BCUT2D eigenvalue weighted by atomic mass is 9.54. The fourth-order valence-corrected chi connectivity index (χ4v) is 6.59. The highest BCUT2D eigenvalue weighted by atomic mass is 19.1. The van der Waals surface area contributed by atoms with Gasteiger partial charge in [-0.2, -0.15) is 0 Å². The van der Waals surface area contributed by atoms with Gasteiger partial charge in [0.05, 0.1) is 5.92 Å². The van der Waals surface area contributed by atoms with Crippen LogP contribution in [0.4, 0.5) is 4.39 Å². The first-order valence-corrected chi connectivity index (χ1v) is 10.9. The van der Waals surface area contributed by atoms with Crippen LogP contribution in [0.2, 0.25) is 0 Å². The minimum Gasteiger partial charge on any atom is -0.353 e. The number of likely N-dealkylation sites (tertiary alicyclic amines) is 1. The average molecular weight is 384 g/mol. The van der Waals surface area contributed by atoms with Crippen molar-refractivity contribution in [2.24, 2.45) is 29.6 Å². The van der Waals surface area contributed by atoms with Crippen LogP contribution >= 0.6 is 0 Å². The standard InChI is InChI=1S/C23H29FN2O2/c24-20-5-3-16(4-6-20)23(28)26-7-1-2-17(13-26)22(27)25-21-18-9-14-8-15(11-18)12-19(21)10-14/h3-6,14-15,17-19,21H,1-2,7-13H2,(H,25,27). The van der Waals surface area contributed by atoms with E-state index in [1.54, 1.807) is 4.90 Å². The third-order valence-corrected chi connectivity index (χ3v) is 7.71. The summed E-state index contributed by atoms with van der Waals surface area (Å²) in [5.74, 6) is 2.68. The van der Waals surface area contributed by atoms with Gasteiger partial charge in [0.2, 0.25) is 5.91 Å². The molecule has 0 aromatic heterocycles. The summed E-state index contributed by atoms with van der Waals surface area (Å²) in [6.45, 7) is 1.13. The van der Waals surface area contributed by atoms with E-state index in [-0.39, 0.29) is 23.5 Å². The van der Waals surface area contributed by atoms with Crippen LogP contribution in [0.3, 0.4) is 0 Å². The molecule has 1 unspecified atom stereocenters. The lowest BCUT2D eigenvalue weighted by Gasteiger charge is -2.54. The molecule has 1 aliphatic heterocycles. The topological polar surface area (TPSA) is 49.4 Å². The predicted octanol–water partition coefficient (Wildman–Crippen LogP) is 3.62. The van der Waals surface area contributed by atoms with Crippen LogP contribution in [0.15, 0.2) is 24.3 Å². The quantitative estimate of drug-likeness (QED) is 0.865. The number of carbonyl (C=O) groups is 2. The normalized spacial score (nSPS) is 36.4. The SMILES string of the molecule is O=C(NC1C2CC3CC(C2)CC1C3)C1CCCN(C(=O)c2ccc(F)cc2)C1. The van der Waals surface area contributed by atoms with Crippen LogP contribution in [-0.2, 0) is 4.79 Å². The smallest absolute Gasteiger partial charge is 0.253 e. The molecule has 4 nitrogen and oxygen atoms in total. The largest absolute Gasteiger partial charge is 0.353 e. The van der Waals surface area contributed by atoms with Crippen molar-refractivity contribution < 1.29 is 14.0 Å². The van der Waals surface area contributed by atoms with Gasteiger partial charge in [0.1, 0.15) is 5.82 Å². The number of hydrogen-bond donors (Lipinski definition) is 1. The van der Waals surface area contributed by atoms with Gasteiger partial charge >= 0.3 is 0 Å². The van der Waals surface area contributed by atoms with Gasteiger partial charge < -0.3 is 10.2 Å². The second-order valence-corrected chi connectivity index (χ2v) is 9.56. The van der Waals surface area contributed by atoms with E-state index in [0.29, 0.717) is 36.5 Å². The summed E-state index contributed by atoms with van der Waals surface area (Å²) >= 11 is 0. The Morgan fingerprint density at radius 3 is 2.25 bits per heavy atom. The van der Waals surface area contributed by atoms with Crippen LogP contribution in [-0.4, -0.2) is 35.8 Å². The molecule has 150 valence electrons. The summed E-state index contributed by atoms with van der Waals surface area (Å²) in [5, 5.41) is 3.41. The van der Waals surface area contributed by atoms with Crippen molar-refractivity contribution in [1.29, 1.82) is 0 Å².